The van der Waals surface area contributed by atoms with E-state index in [1.807, 2.05) is 13.0 Å². The number of halogens is 1. The molecule has 33 heavy (non-hydrogen) atoms. The number of thioether (sulfide) groups is 1. The van der Waals surface area contributed by atoms with Gasteiger partial charge in [0.2, 0.25) is 5.13 Å². The molecule has 1 aromatic heterocycles. The number of ketones is 1. The molecule has 5 atom stereocenters. The molecule has 4 fully saturated rings. The molecule has 2 bridgehead atoms. The number of hydrogen-bond donors (Lipinski definition) is 1. The summed E-state index contributed by atoms with van der Waals surface area (Å²) in [5.41, 5.74) is 8.37. The van der Waals surface area contributed by atoms with Gasteiger partial charge < -0.3 is 15.0 Å². The van der Waals surface area contributed by atoms with Crippen molar-refractivity contribution in [3.63, 3.8) is 0 Å². The van der Waals surface area contributed by atoms with Crippen LogP contribution in [-0.4, -0.2) is 40.0 Å². The number of carbonyl (C=O) groups excluding carboxylic acids is 1. The van der Waals surface area contributed by atoms with Crippen LogP contribution >= 0.6 is 34.7 Å². The summed E-state index contributed by atoms with van der Waals surface area (Å²) in [6.45, 7) is 10.5. The van der Waals surface area contributed by atoms with Crippen molar-refractivity contribution < 1.29 is 14.1 Å². The van der Waals surface area contributed by atoms with Gasteiger partial charge in [-0.05, 0) is 74.5 Å². The van der Waals surface area contributed by atoms with Crippen LogP contribution in [0.5, 0.6) is 0 Å². The van der Waals surface area contributed by atoms with E-state index in [-0.39, 0.29) is 35.2 Å². The number of aromatic nitrogens is 2. The molecule has 0 radical (unpaired) electrons. The Hall–Kier alpha value is -1.13. The lowest BCUT2D eigenvalue weighted by Gasteiger charge is -2.64. The second-order valence-corrected chi connectivity index (χ2v) is 13.3. The predicted octanol–water partition coefficient (Wildman–Crippen LogP) is 5.26. The molecule has 1 aliphatic heterocycles. The van der Waals surface area contributed by atoms with Crippen molar-refractivity contribution in [1.82, 2.24) is 10.2 Å². The minimum absolute atomic E-state index is 0.0330. The molecule has 2 aromatic rings. The number of rotatable bonds is 6. The molecule has 0 spiro atoms. The van der Waals surface area contributed by atoms with Crippen molar-refractivity contribution >= 4 is 52.7 Å². The van der Waals surface area contributed by atoms with Crippen LogP contribution in [0.15, 0.2) is 16.5 Å². The highest BCUT2D eigenvalue weighted by molar-refractivity contribution is 8.02. The van der Waals surface area contributed by atoms with Gasteiger partial charge in [0.15, 0.2) is 10.1 Å². The minimum Gasteiger partial charge on any atom is -0.405 e. The Morgan fingerprint density at radius 1 is 1.36 bits per heavy atom. The first-order valence-corrected chi connectivity index (χ1v) is 13.5. The first kappa shape index (κ1) is 23.6. The quantitative estimate of drug-likeness (QED) is 0.325. The van der Waals surface area contributed by atoms with E-state index in [9.17, 15) is 4.79 Å². The van der Waals surface area contributed by atoms with Gasteiger partial charge in [0.1, 0.15) is 0 Å². The summed E-state index contributed by atoms with van der Waals surface area (Å²) in [6.07, 6.45) is 2.99. The molecule has 6 nitrogen and oxygen atoms in total. The standard InChI is InChI=1S/C23H29BClN3O3S2/c1-11-13(6-7-15(25)19(11)12(2)29)8-18(32-21-28-27-20(26)33-21)24-30-17-10-14-9-16(22(14,3)4)23(17,5)31-24/h6-7,14,16-18H,8-10H2,1-5H3,(H2,26,27)/t14?,16?,17?,18-,23-/m0/s1. The van der Waals surface area contributed by atoms with Gasteiger partial charge in [-0.15, -0.1) is 10.2 Å². The maximum absolute atomic E-state index is 12.2. The van der Waals surface area contributed by atoms with Gasteiger partial charge in [0, 0.05) is 5.56 Å². The van der Waals surface area contributed by atoms with Crippen molar-refractivity contribution in [3.8, 4) is 0 Å². The molecule has 3 saturated carbocycles. The molecular weight excluding hydrogens is 477 g/mol. The molecule has 10 heteroatoms. The van der Waals surface area contributed by atoms with Crippen molar-refractivity contribution in [2.75, 3.05) is 5.73 Å². The van der Waals surface area contributed by atoms with Crippen LogP contribution in [0.1, 0.15) is 62.0 Å². The highest BCUT2D eigenvalue weighted by Crippen LogP contribution is 2.66. The van der Waals surface area contributed by atoms with E-state index < -0.39 is 0 Å². The number of nitrogens with zero attached hydrogens (tertiary/aromatic N) is 2. The Morgan fingerprint density at radius 3 is 2.76 bits per heavy atom. The van der Waals surface area contributed by atoms with Gasteiger partial charge in [-0.25, -0.2) is 0 Å². The number of hydrogen-bond acceptors (Lipinski definition) is 8. The van der Waals surface area contributed by atoms with E-state index in [4.69, 9.17) is 26.6 Å². The third kappa shape index (κ3) is 3.84. The van der Waals surface area contributed by atoms with Gasteiger partial charge in [0.25, 0.3) is 0 Å². The number of Topliss-reactive ketones (excluding diaryl/α,β-unsaturated/α-hetero) is 1. The SMILES string of the molecule is CC(=O)c1c(Cl)ccc(C[C@H](Sc2nnc(N)s2)B2OC3CC4CC(C4(C)C)[C@]3(C)O2)c1C. The number of nitrogen functional groups attached to an aromatic ring is 1. The van der Waals surface area contributed by atoms with Gasteiger partial charge in [0.05, 0.1) is 21.9 Å². The average molecular weight is 506 g/mol. The first-order chi connectivity index (χ1) is 15.5. The lowest BCUT2D eigenvalue weighted by Crippen LogP contribution is -2.65. The second-order valence-electron chi connectivity index (χ2n) is 10.4. The summed E-state index contributed by atoms with van der Waals surface area (Å²) >= 11 is 9.29. The summed E-state index contributed by atoms with van der Waals surface area (Å²) in [6, 6.07) is 3.80. The van der Waals surface area contributed by atoms with Crippen molar-refractivity contribution in [2.45, 2.75) is 75.1 Å². The van der Waals surface area contributed by atoms with E-state index >= 15 is 0 Å². The molecule has 1 saturated heterocycles. The number of anilines is 1. The topological polar surface area (TPSA) is 87.3 Å². The molecule has 2 heterocycles. The lowest BCUT2D eigenvalue weighted by atomic mass is 9.43. The zero-order chi connectivity index (χ0) is 23.7. The van der Waals surface area contributed by atoms with Crippen molar-refractivity contribution in [1.29, 1.82) is 0 Å². The van der Waals surface area contributed by atoms with Crippen LogP contribution in [0.25, 0.3) is 0 Å². The van der Waals surface area contributed by atoms with E-state index in [0.29, 0.717) is 34.0 Å². The third-order valence-corrected chi connectivity index (χ3v) is 10.6. The molecular formula is C23H29BClN3O3S2. The Labute approximate surface area is 208 Å². The molecule has 4 aliphatic rings. The van der Waals surface area contributed by atoms with Crippen LogP contribution in [-0.2, 0) is 15.7 Å². The van der Waals surface area contributed by atoms with E-state index in [2.05, 4.69) is 31.0 Å². The molecule has 2 N–H and O–H groups in total. The maximum atomic E-state index is 12.2. The smallest absolute Gasteiger partial charge is 0.405 e. The summed E-state index contributed by atoms with van der Waals surface area (Å²) in [5, 5.41) is 9.05. The third-order valence-electron chi connectivity index (χ3n) is 8.25. The van der Waals surface area contributed by atoms with Crippen LogP contribution in [0.2, 0.25) is 5.02 Å². The van der Waals surface area contributed by atoms with Crippen LogP contribution in [0.4, 0.5) is 5.13 Å². The number of nitrogens with two attached hydrogens (primary N) is 1. The Morgan fingerprint density at radius 2 is 2.12 bits per heavy atom. The molecule has 176 valence electrons. The van der Waals surface area contributed by atoms with Crippen LogP contribution in [0, 0.1) is 24.2 Å². The highest BCUT2D eigenvalue weighted by atomic mass is 35.5. The molecule has 3 unspecified atom stereocenters. The van der Waals surface area contributed by atoms with E-state index in [1.54, 1.807) is 24.8 Å². The zero-order valence-corrected chi connectivity index (χ0v) is 21.9. The zero-order valence-electron chi connectivity index (χ0n) is 19.6. The monoisotopic (exact) mass is 505 g/mol. The largest absolute Gasteiger partial charge is 0.472 e. The normalized spacial score (nSPS) is 30.6. The summed E-state index contributed by atoms with van der Waals surface area (Å²) in [5.74, 6) is 1.14. The van der Waals surface area contributed by atoms with Crippen LogP contribution in [0.3, 0.4) is 0 Å². The predicted molar refractivity (Wildman–Crippen MR) is 134 cm³/mol. The summed E-state index contributed by atoms with van der Waals surface area (Å²) in [4.78, 5) is 12.2. The van der Waals surface area contributed by atoms with Crippen molar-refractivity contribution in [2.24, 2.45) is 17.3 Å². The van der Waals surface area contributed by atoms with Gasteiger partial charge in [-0.2, -0.15) is 0 Å². The maximum Gasteiger partial charge on any atom is 0.472 e. The number of carbonyl (C=O) groups is 1. The van der Waals surface area contributed by atoms with Gasteiger partial charge in [-0.1, -0.05) is 54.6 Å². The van der Waals surface area contributed by atoms with Gasteiger partial charge in [-0.3, -0.25) is 4.79 Å². The Kier molecular flexibility index (Phi) is 5.89. The summed E-state index contributed by atoms with van der Waals surface area (Å²) < 4.78 is 14.2. The van der Waals surface area contributed by atoms with E-state index in [0.717, 1.165) is 21.9 Å². The molecule has 3 aliphatic carbocycles. The molecule has 1 aromatic carbocycles. The number of benzene rings is 1. The fourth-order valence-corrected chi connectivity index (χ4v) is 8.58. The second kappa shape index (κ2) is 8.23. The minimum atomic E-state index is -0.388. The fraction of sp³-hybridized carbons (Fsp3) is 0.609. The Bertz CT molecular complexity index is 1110. The van der Waals surface area contributed by atoms with Crippen LogP contribution < -0.4 is 5.73 Å². The van der Waals surface area contributed by atoms with E-state index in [1.165, 1.54) is 17.8 Å². The van der Waals surface area contributed by atoms with Gasteiger partial charge >= 0.3 is 7.12 Å². The highest BCUT2D eigenvalue weighted by Gasteiger charge is 2.68. The molecule has 0 amide bonds. The lowest BCUT2D eigenvalue weighted by molar-refractivity contribution is -0.199. The van der Waals surface area contributed by atoms with Crippen molar-refractivity contribution in [3.05, 3.63) is 33.8 Å². The summed E-state index contributed by atoms with van der Waals surface area (Å²) in [7, 11) is -0.388. The average Bonchev–Trinajstić information content (AvgIpc) is 3.30. The fourth-order valence-electron chi connectivity index (χ4n) is 6.24. The first-order valence-electron chi connectivity index (χ1n) is 11.4. The molecule has 6 rings (SSSR count). The Balaban J connectivity index is 1.45.